The molecule has 6 heteroatoms. The number of nitro benzene ring substituents is 1. The Kier molecular flexibility index (Phi) is 1.99. The lowest BCUT2D eigenvalue weighted by atomic mass is 10.2. The van der Waals surface area contributed by atoms with E-state index in [-0.39, 0.29) is 5.69 Å². The van der Waals surface area contributed by atoms with Gasteiger partial charge in [0.1, 0.15) is 0 Å². The molecule has 0 aliphatic rings. The molecular weight excluding hydrogens is 250 g/mol. The first-order chi connectivity index (χ1) is 6.59. The van der Waals surface area contributed by atoms with E-state index in [1.165, 1.54) is 6.07 Å². The second-order valence-corrected chi connectivity index (χ2v) is 3.74. The van der Waals surface area contributed by atoms with E-state index in [2.05, 4.69) is 21.0 Å². The molecular formula is C8H6BrN3O2. The molecule has 0 atom stereocenters. The number of halogens is 1. The summed E-state index contributed by atoms with van der Waals surface area (Å²) >= 11 is 3.15. The monoisotopic (exact) mass is 255 g/mol. The zero-order valence-electron chi connectivity index (χ0n) is 7.27. The van der Waals surface area contributed by atoms with Crippen LogP contribution in [-0.4, -0.2) is 14.7 Å². The molecule has 2 aromatic rings. The number of aromatic nitrogens is 2. The summed E-state index contributed by atoms with van der Waals surface area (Å²) < 4.78 is 2.14. The highest BCUT2D eigenvalue weighted by molar-refractivity contribution is 9.10. The van der Waals surface area contributed by atoms with Gasteiger partial charge in [-0.2, -0.15) is 5.10 Å². The van der Waals surface area contributed by atoms with Crippen molar-refractivity contribution < 1.29 is 4.92 Å². The minimum Gasteiger partial charge on any atom is -0.268 e. The first kappa shape index (κ1) is 9.14. The Bertz CT molecular complexity index is 521. The van der Waals surface area contributed by atoms with E-state index in [0.717, 1.165) is 10.9 Å². The Hall–Kier alpha value is -1.43. The molecule has 0 bridgehead atoms. The lowest BCUT2D eigenvalue weighted by molar-refractivity contribution is -0.385. The van der Waals surface area contributed by atoms with E-state index in [1.807, 2.05) is 0 Å². The number of hydrogen-bond acceptors (Lipinski definition) is 3. The van der Waals surface area contributed by atoms with Crippen LogP contribution in [0.5, 0.6) is 0 Å². The van der Waals surface area contributed by atoms with Crippen LogP contribution in [0.2, 0.25) is 0 Å². The summed E-state index contributed by atoms with van der Waals surface area (Å²) in [5, 5.41) is 15.4. The number of nitrogens with zero attached hydrogens (tertiary/aromatic N) is 3. The van der Waals surface area contributed by atoms with Crippen molar-refractivity contribution in [2.24, 2.45) is 7.05 Å². The number of hydrogen-bond donors (Lipinski definition) is 0. The third-order valence-corrected chi connectivity index (χ3v) is 2.65. The molecule has 1 aromatic carbocycles. The molecule has 0 saturated heterocycles. The Morgan fingerprint density at radius 1 is 1.57 bits per heavy atom. The second-order valence-electron chi connectivity index (χ2n) is 2.89. The van der Waals surface area contributed by atoms with Crippen LogP contribution in [-0.2, 0) is 7.05 Å². The summed E-state index contributed by atoms with van der Waals surface area (Å²) in [5.74, 6) is 0. The molecule has 1 heterocycles. The molecule has 5 nitrogen and oxygen atoms in total. The van der Waals surface area contributed by atoms with Crippen molar-refractivity contribution in [2.75, 3.05) is 0 Å². The number of nitro groups is 1. The molecule has 0 N–H and O–H groups in total. The maximum atomic E-state index is 10.6. The number of fused-ring (bicyclic) bond motifs is 1. The third kappa shape index (κ3) is 1.27. The molecule has 14 heavy (non-hydrogen) atoms. The van der Waals surface area contributed by atoms with E-state index in [1.54, 1.807) is 24.0 Å². The van der Waals surface area contributed by atoms with Gasteiger partial charge in [0, 0.05) is 18.5 Å². The van der Waals surface area contributed by atoms with Crippen LogP contribution in [0.15, 0.2) is 22.8 Å². The Balaban J connectivity index is 2.79. The van der Waals surface area contributed by atoms with Gasteiger partial charge in [-0.25, -0.2) is 0 Å². The molecule has 72 valence electrons. The molecule has 0 saturated carbocycles. The first-order valence-corrected chi connectivity index (χ1v) is 4.64. The summed E-state index contributed by atoms with van der Waals surface area (Å²) in [4.78, 5) is 10.2. The normalized spacial score (nSPS) is 10.7. The highest BCUT2D eigenvalue weighted by Gasteiger charge is 2.14. The van der Waals surface area contributed by atoms with Crippen molar-refractivity contribution in [2.45, 2.75) is 0 Å². The van der Waals surface area contributed by atoms with Gasteiger partial charge in [-0.05, 0) is 22.0 Å². The molecule has 0 spiro atoms. The molecule has 0 fully saturated rings. The SMILES string of the molecule is Cn1ncc2cc([N+](=O)[O-])c(Br)cc21. The van der Waals surface area contributed by atoms with Crippen LogP contribution >= 0.6 is 15.9 Å². The van der Waals surface area contributed by atoms with Gasteiger partial charge >= 0.3 is 0 Å². The van der Waals surface area contributed by atoms with Crippen LogP contribution in [0.3, 0.4) is 0 Å². The first-order valence-electron chi connectivity index (χ1n) is 3.85. The van der Waals surface area contributed by atoms with Crippen molar-refractivity contribution in [1.82, 2.24) is 9.78 Å². The average Bonchev–Trinajstić information content (AvgIpc) is 2.46. The molecule has 1 aromatic heterocycles. The molecule has 0 radical (unpaired) electrons. The maximum Gasteiger partial charge on any atom is 0.284 e. The third-order valence-electron chi connectivity index (χ3n) is 2.01. The largest absolute Gasteiger partial charge is 0.284 e. The fourth-order valence-electron chi connectivity index (χ4n) is 1.30. The standard InChI is InChI=1S/C8H6BrN3O2/c1-11-7-3-6(9)8(12(13)14)2-5(7)4-10-11/h2-4H,1H3. The highest BCUT2D eigenvalue weighted by Crippen LogP contribution is 2.29. The number of benzene rings is 1. The van der Waals surface area contributed by atoms with Crippen molar-refractivity contribution in [3.63, 3.8) is 0 Å². The molecule has 0 aliphatic heterocycles. The minimum absolute atomic E-state index is 0.0606. The lowest BCUT2D eigenvalue weighted by Gasteiger charge is -1.97. The van der Waals surface area contributed by atoms with E-state index in [4.69, 9.17) is 0 Å². The minimum atomic E-state index is -0.420. The molecule has 0 amide bonds. The molecule has 0 unspecified atom stereocenters. The van der Waals surface area contributed by atoms with Gasteiger partial charge in [-0.1, -0.05) is 0 Å². The van der Waals surface area contributed by atoms with E-state index >= 15 is 0 Å². The van der Waals surface area contributed by atoms with E-state index in [9.17, 15) is 10.1 Å². The molecule has 2 rings (SSSR count). The van der Waals surface area contributed by atoms with Gasteiger partial charge in [-0.15, -0.1) is 0 Å². The quantitative estimate of drug-likeness (QED) is 0.580. The average molecular weight is 256 g/mol. The van der Waals surface area contributed by atoms with Crippen LogP contribution in [0.4, 0.5) is 5.69 Å². The highest BCUT2D eigenvalue weighted by atomic mass is 79.9. The van der Waals surface area contributed by atoms with Crippen molar-refractivity contribution in [3.05, 3.63) is 32.9 Å². The van der Waals surface area contributed by atoms with Crippen LogP contribution in [0, 0.1) is 10.1 Å². The van der Waals surface area contributed by atoms with Crippen LogP contribution < -0.4 is 0 Å². The lowest BCUT2D eigenvalue weighted by Crippen LogP contribution is -1.91. The smallest absolute Gasteiger partial charge is 0.268 e. The summed E-state index contributed by atoms with van der Waals surface area (Å²) in [5.41, 5.74) is 0.924. The van der Waals surface area contributed by atoms with E-state index < -0.39 is 4.92 Å². The van der Waals surface area contributed by atoms with E-state index in [0.29, 0.717) is 4.47 Å². The van der Waals surface area contributed by atoms with Gasteiger partial charge in [0.2, 0.25) is 0 Å². The van der Waals surface area contributed by atoms with Crippen molar-refractivity contribution in [1.29, 1.82) is 0 Å². The van der Waals surface area contributed by atoms with Gasteiger partial charge in [0.05, 0.1) is 21.1 Å². The second kappa shape index (κ2) is 3.06. The fourth-order valence-corrected chi connectivity index (χ4v) is 1.78. The zero-order valence-corrected chi connectivity index (χ0v) is 8.85. The van der Waals surface area contributed by atoms with Gasteiger partial charge in [0.25, 0.3) is 5.69 Å². The van der Waals surface area contributed by atoms with Gasteiger partial charge < -0.3 is 0 Å². The Labute approximate surface area is 87.6 Å². The summed E-state index contributed by atoms with van der Waals surface area (Å²) in [6.45, 7) is 0. The predicted octanol–water partition coefficient (Wildman–Crippen LogP) is 2.24. The predicted molar refractivity (Wildman–Crippen MR) is 55.1 cm³/mol. The topological polar surface area (TPSA) is 61.0 Å². The van der Waals surface area contributed by atoms with Crippen LogP contribution in [0.1, 0.15) is 0 Å². The van der Waals surface area contributed by atoms with Crippen molar-refractivity contribution >= 4 is 32.5 Å². The molecule has 0 aliphatic carbocycles. The summed E-state index contributed by atoms with van der Waals surface area (Å²) in [6, 6.07) is 3.20. The summed E-state index contributed by atoms with van der Waals surface area (Å²) in [6.07, 6.45) is 1.61. The fraction of sp³-hybridized carbons (Fsp3) is 0.125. The zero-order chi connectivity index (χ0) is 10.3. The maximum absolute atomic E-state index is 10.6. The van der Waals surface area contributed by atoms with Gasteiger partial charge in [0.15, 0.2) is 0 Å². The number of rotatable bonds is 1. The van der Waals surface area contributed by atoms with Crippen molar-refractivity contribution in [3.8, 4) is 0 Å². The number of aryl methyl sites for hydroxylation is 1. The van der Waals surface area contributed by atoms with Crippen LogP contribution in [0.25, 0.3) is 10.9 Å². The Morgan fingerprint density at radius 2 is 2.29 bits per heavy atom. The summed E-state index contributed by atoms with van der Waals surface area (Å²) in [7, 11) is 1.79. The van der Waals surface area contributed by atoms with Gasteiger partial charge in [-0.3, -0.25) is 14.8 Å². The Morgan fingerprint density at radius 3 is 2.93 bits per heavy atom.